The number of carbonyl (C=O) groups excluding carboxylic acids is 1. The average molecular weight is 370 g/mol. The number of fused-ring (bicyclic) bond motifs is 1. The number of amidine groups is 1. The molecule has 0 saturated carbocycles. The number of amides is 1. The number of aliphatic imine (C=N–C) groups is 2. The molecule has 0 fully saturated rings. The van der Waals surface area contributed by atoms with Crippen LogP contribution in [0, 0.1) is 5.82 Å². The van der Waals surface area contributed by atoms with Crippen LogP contribution in [0.4, 0.5) is 4.39 Å². The molecule has 0 N–H and O–H groups in total. The zero-order valence-electron chi connectivity index (χ0n) is 15.3. The van der Waals surface area contributed by atoms with Crippen LogP contribution in [0.25, 0.3) is 0 Å². The molecule has 2 aliphatic rings. The first kappa shape index (κ1) is 17.3. The highest BCUT2D eigenvalue weighted by Crippen LogP contribution is 2.28. The summed E-state index contributed by atoms with van der Waals surface area (Å²) in [7, 11) is 1.37. The number of hydrogen-bond acceptors (Lipinski definition) is 6. The number of hydrogen-bond donors (Lipinski definition) is 0. The van der Waals surface area contributed by atoms with E-state index in [1.54, 1.807) is 4.90 Å². The van der Waals surface area contributed by atoms with Crippen molar-refractivity contribution in [1.82, 2.24) is 19.7 Å². The Kier molecular flexibility index (Phi) is 4.21. The Hall–Kier alpha value is -3.10. The number of halogens is 1. The molecule has 0 spiro atoms. The van der Waals surface area contributed by atoms with Crippen molar-refractivity contribution in [3.8, 4) is 5.75 Å². The van der Waals surface area contributed by atoms with E-state index >= 15 is 0 Å². The van der Waals surface area contributed by atoms with Crippen LogP contribution in [0.15, 0.2) is 28.2 Å². The minimum atomic E-state index is -0.500. The third kappa shape index (κ3) is 2.88. The van der Waals surface area contributed by atoms with Gasteiger partial charge in [-0.15, -0.1) is 10.2 Å². The highest BCUT2D eigenvalue weighted by Gasteiger charge is 2.33. The fourth-order valence-corrected chi connectivity index (χ4v) is 3.41. The molecular weight excluding hydrogens is 351 g/mol. The Morgan fingerprint density at radius 3 is 2.81 bits per heavy atom. The molecule has 140 valence electrons. The van der Waals surface area contributed by atoms with Gasteiger partial charge in [-0.2, -0.15) is 0 Å². The standard InChI is InChI=1S/C18H19FN6O2/c1-10-16-22-23-17(14-9-20-11(2)21-14)25(16)7-6-24(10)18(26)12-4-5-13(19)15(8-12)27-3/h4-5,8,10H,6-7,9H2,1-3H3/t10-/m1/s1. The van der Waals surface area contributed by atoms with Crippen molar-refractivity contribution < 1.29 is 13.9 Å². The van der Waals surface area contributed by atoms with E-state index < -0.39 is 5.82 Å². The van der Waals surface area contributed by atoms with E-state index in [2.05, 4.69) is 20.2 Å². The van der Waals surface area contributed by atoms with Gasteiger partial charge in [-0.1, -0.05) is 0 Å². The molecule has 1 amide bonds. The molecule has 0 aliphatic carbocycles. The summed E-state index contributed by atoms with van der Waals surface area (Å²) in [5.74, 6) is 1.48. The van der Waals surface area contributed by atoms with Crippen molar-refractivity contribution >= 4 is 17.5 Å². The predicted octanol–water partition coefficient (Wildman–Crippen LogP) is 1.86. The van der Waals surface area contributed by atoms with Crippen LogP contribution in [0.3, 0.4) is 0 Å². The van der Waals surface area contributed by atoms with Gasteiger partial charge in [0.25, 0.3) is 5.91 Å². The molecule has 8 nitrogen and oxygen atoms in total. The van der Waals surface area contributed by atoms with Crippen molar-refractivity contribution in [2.24, 2.45) is 9.98 Å². The van der Waals surface area contributed by atoms with Crippen molar-refractivity contribution in [2.75, 3.05) is 20.2 Å². The SMILES string of the molecule is COc1cc(C(=O)N2CCn3c(C4=NC(C)=NC4)nnc3[C@H]2C)ccc1F. The summed E-state index contributed by atoms with van der Waals surface area (Å²) in [4.78, 5) is 23.3. The zero-order chi connectivity index (χ0) is 19.1. The third-order valence-corrected chi connectivity index (χ3v) is 4.86. The van der Waals surface area contributed by atoms with Gasteiger partial charge in [0.1, 0.15) is 11.5 Å². The quantitative estimate of drug-likeness (QED) is 0.825. The summed E-state index contributed by atoms with van der Waals surface area (Å²) in [5.41, 5.74) is 1.17. The number of nitrogens with zero attached hydrogens (tertiary/aromatic N) is 6. The first-order valence-corrected chi connectivity index (χ1v) is 8.66. The normalized spacial score (nSPS) is 18.8. The fourth-order valence-electron chi connectivity index (χ4n) is 3.41. The summed E-state index contributed by atoms with van der Waals surface area (Å²) in [6.07, 6.45) is 0. The topological polar surface area (TPSA) is 85.0 Å². The van der Waals surface area contributed by atoms with Gasteiger partial charge in [0, 0.05) is 18.7 Å². The molecule has 4 rings (SSSR count). The van der Waals surface area contributed by atoms with Crippen LogP contribution in [0.2, 0.25) is 0 Å². The van der Waals surface area contributed by atoms with Crippen molar-refractivity contribution in [3.05, 3.63) is 41.2 Å². The molecular formula is C18H19FN6O2. The lowest BCUT2D eigenvalue weighted by atomic mass is 10.1. The fraction of sp³-hybridized carbons (Fsp3) is 0.389. The molecule has 3 heterocycles. The number of ether oxygens (including phenoxy) is 1. The van der Waals surface area contributed by atoms with Gasteiger partial charge < -0.3 is 14.2 Å². The van der Waals surface area contributed by atoms with E-state index in [4.69, 9.17) is 4.74 Å². The van der Waals surface area contributed by atoms with Crippen LogP contribution in [-0.2, 0) is 6.54 Å². The zero-order valence-corrected chi connectivity index (χ0v) is 15.3. The maximum atomic E-state index is 13.6. The van der Waals surface area contributed by atoms with E-state index in [-0.39, 0.29) is 17.7 Å². The van der Waals surface area contributed by atoms with Crippen LogP contribution < -0.4 is 4.74 Å². The first-order chi connectivity index (χ1) is 13.0. The van der Waals surface area contributed by atoms with Crippen LogP contribution in [0.1, 0.15) is 41.9 Å². The van der Waals surface area contributed by atoms with E-state index in [1.807, 2.05) is 18.4 Å². The number of methoxy groups -OCH3 is 1. The Labute approximate surface area is 155 Å². The lowest BCUT2D eigenvalue weighted by Crippen LogP contribution is -2.41. The Balaban J connectivity index is 1.61. The minimum Gasteiger partial charge on any atom is -0.494 e. The largest absolute Gasteiger partial charge is 0.494 e. The highest BCUT2D eigenvalue weighted by atomic mass is 19.1. The summed E-state index contributed by atoms with van der Waals surface area (Å²) in [5, 5.41) is 8.56. The van der Waals surface area contributed by atoms with Gasteiger partial charge >= 0.3 is 0 Å². The molecule has 0 radical (unpaired) electrons. The van der Waals surface area contributed by atoms with Crippen LogP contribution in [-0.4, -0.2) is 57.3 Å². The van der Waals surface area contributed by atoms with Gasteiger partial charge in [-0.3, -0.25) is 9.79 Å². The second-order valence-electron chi connectivity index (χ2n) is 6.48. The molecule has 9 heteroatoms. The number of aromatic nitrogens is 3. The van der Waals surface area contributed by atoms with E-state index in [1.165, 1.54) is 25.3 Å². The summed E-state index contributed by atoms with van der Waals surface area (Å²) < 4.78 is 20.6. The maximum absolute atomic E-state index is 13.6. The Bertz CT molecular complexity index is 980. The van der Waals surface area contributed by atoms with Gasteiger partial charge in [-0.05, 0) is 32.0 Å². The molecule has 2 aliphatic heterocycles. The first-order valence-electron chi connectivity index (χ1n) is 8.66. The second-order valence-corrected chi connectivity index (χ2v) is 6.48. The number of rotatable bonds is 3. The second kappa shape index (κ2) is 6.57. The van der Waals surface area contributed by atoms with Gasteiger partial charge in [0.05, 0.1) is 19.7 Å². The van der Waals surface area contributed by atoms with E-state index in [0.29, 0.717) is 36.8 Å². The highest BCUT2D eigenvalue weighted by molar-refractivity contribution is 6.10. The van der Waals surface area contributed by atoms with Crippen molar-refractivity contribution in [2.45, 2.75) is 26.4 Å². The monoisotopic (exact) mass is 370 g/mol. The third-order valence-electron chi connectivity index (χ3n) is 4.86. The average Bonchev–Trinajstić information content (AvgIpc) is 3.28. The smallest absolute Gasteiger partial charge is 0.254 e. The molecule has 2 aromatic rings. The van der Waals surface area contributed by atoms with Gasteiger partial charge in [-0.25, -0.2) is 9.38 Å². The van der Waals surface area contributed by atoms with Crippen LogP contribution >= 0.6 is 0 Å². The maximum Gasteiger partial charge on any atom is 0.254 e. The van der Waals surface area contributed by atoms with E-state index in [0.717, 1.165) is 11.5 Å². The molecule has 1 atom stereocenters. The van der Waals surface area contributed by atoms with Crippen molar-refractivity contribution in [1.29, 1.82) is 0 Å². The summed E-state index contributed by atoms with van der Waals surface area (Å²) in [6.45, 7) is 5.30. The summed E-state index contributed by atoms with van der Waals surface area (Å²) >= 11 is 0. The molecule has 0 bridgehead atoms. The Morgan fingerprint density at radius 2 is 2.11 bits per heavy atom. The molecule has 0 unspecified atom stereocenters. The number of benzene rings is 1. The summed E-state index contributed by atoms with van der Waals surface area (Å²) in [6, 6.07) is 3.85. The van der Waals surface area contributed by atoms with Gasteiger partial charge in [0.2, 0.25) is 0 Å². The molecule has 27 heavy (non-hydrogen) atoms. The van der Waals surface area contributed by atoms with Crippen molar-refractivity contribution in [3.63, 3.8) is 0 Å². The van der Waals surface area contributed by atoms with E-state index in [9.17, 15) is 9.18 Å². The minimum absolute atomic E-state index is 0.0468. The van der Waals surface area contributed by atoms with Gasteiger partial charge in [0.15, 0.2) is 23.2 Å². The molecule has 0 saturated heterocycles. The molecule has 1 aromatic heterocycles. The number of carbonyl (C=O) groups is 1. The molecule has 1 aromatic carbocycles. The lowest BCUT2D eigenvalue weighted by Gasteiger charge is -2.33. The Morgan fingerprint density at radius 1 is 1.30 bits per heavy atom. The van der Waals surface area contributed by atoms with Crippen LogP contribution in [0.5, 0.6) is 5.75 Å². The predicted molar refractivity (Wildman–Crippen MR) is 96.9 cm³/mol. The lowest BCUT2D eigenvalue weighted by molar-refractivity contribution is 0.0637.